The lowest BCUT2D eigenvalue weighted by Crippen LogP contribution is -2.07. The molecule has 1 aromatic heterocycles. The highest BCUT2D eigenvalue weighted by Crippen LogP contribution is 2.28. The van der Waals surface area contributed by atoms with E-state index in [-0.39, 0.29) is 23.8 Å². The Hall–Kier alpha value is -2.14. The number of H-pyrrole nitrogens is 1. The molecule has 0 saturated heterocycles. The molecule has 2 aromatic rings. The van der Waals surface area contributed by atoms with Gasteiger partial charge in [-0.1, -0.05) is 23.7 Å². The Morgan fingerprint density at radius 1 is 1.30 bits per heavy atom. The van der Waals surface area contributed by atoms with E-state index in [0.717, 1.165) is 0 Å². The number of ether oxygens (including phenoxy) is 1. The topological polar surface area (TPSA) is 72.1 Å². The van der Waals surface area contributed by atoms with Crippen LogP contribution in [0.5, 0.6) is 0 Å². The van der Waals surface area contributed by atoms with E-state index in [1.54, 1.807) is 31.2 Å². The monoisotopic (exact) mass is 292 g/mol. The van der Waals surface area contributed by atoms with Crippen LogP contribution in [0, 0.1) is 0 Å². The van der Waals surface area contributed by atoms with Crippen LogP contribution in [-0.4, -0.2) is 28.6 Å². The van der Waals surface area contributed by atoms with Gasteiger partial charge < -0.3 is 4.74 Å². The van der Waals surface area contributed by atoms with Gasteiger partial charge in [-0.25, -0.2) is 4.79 Å². The quantitative estimate of drug-likeness (QED) is 0.694. The van der Waals surface area contributed by atoms with Crippen LogP contribution in [0.2, 0.25) is 5.02 Å². The number of esters is 1. The second-order valence-electron chi connectivity index (χ2n) is 4.11. The number of carbonyl (C=O) groups excluding carboxylic acids is 2. The number of nitrogens with zero attached hydrogens (tertiary/aromatic N) is 1. The number of Topliss-reactive ketones (excluding diaryl/α,β-unsaturated/α-hetero) is 1. The molecule has 0 aliphatic carbocycles. The zero-order chi connectivity index (χ0) is 14.7. The molecule has 2 rings (SSSR count). The first kappa shape index (κ1) is 14.3. The number of halogens is 1. The van der Waals surface area contributed by atoms with E-state index in [2.05, 4.69) is 10.2 Å². The summed E-state index contributed by atoms with van der Waals surface area (Å²) in [5.74, 6) is -0.779. The van der Waals surface area contributed by atoms with Gasteiger partial charge in [-0.05, 0) is 24.6 Å². The molecule has 0 aliphatic rings. The van der Waals surface area contributed by atoms with Gasteiger partial charge in [0.15, 0.2) is 11.5 Å². The van der Waals surface area contributed by atoms with Crippen molar-refractivity contribution in [1.29, 1.82) is 0 Å². The molecule has 0 radical (unpaired) electrons. The summed E-state index contributed by atoms with van der Waals surface area (Å²) in [6.45, 7) is 3.35. The molecular formula is C14H13ClN2O3. The molecule has 1 aromatic carbocycles. The van der Waals surface area contributed by atoms with Gasteiger partial charge in [0, 0.05) is 17.5 Å². The Labute approximate surface area is 120 Å². The van der Waals surface area contributed by atoms with Crippen LogP contribution in [0.15, 0.2) is 24.3 Å². The maximum absolute atomic E-state index is 11.9. The van der Waals surface area contributed by atoms with E-state index in [0.29, 0.717) is 16.1 Å². The minimum absolute atomic E-state index is 0.166. The Kier molecular flexibility index (Phi) is 4.20. The van der Waals surface area contributed by atoms with Gasteiger partial charge in [0.2, 0.25) is 0 Å². The van der Waals surface area contributed by atoms with Crippen molar-refractivity contribution in [2.45, 2.75) is 13.8 Å². The molecule has 0 bridgehead atoms. The van der Waals surface area contributed by atoms with E-state index in [4.69, 9.17) is 16.3 Å². The number of aromatic nitrogens is 2. The lowest BCUT2D eigenvalue weighted by atomic mass is 10.0. The van der Waals surface area contributed by atoms with Crippen LogP contribution < -0.4 is 0 Å². The second-order valence-corrected chi connectivity index (χ2v) is 4.54. The number of carbonyl (C=O) groups is 2. The van der Waals surface area contributed by atoms with E-state index < -0.39 is 5.97 Å². The predicted molar refractivity (Wildman–Crippen MR) is 75.0 cm³/mol. The summed E-state index contributed by atoms with van der Waals surface area (Å²) in [5, 5.41) is 7.05. The summed E-state index contributed by atoms with van der Waals surface area (Å²) in [6, 6.07) is 6.82. The molecule has 0 atom stereocenters. The lowest BCUT2D eigenvalue weighted by molar-refractivity contribution is 0.0520. The third-order valence-corrected chi connectivity index (χ3v) is 2.96. The third-order valence-electron chi connectivity index (χ3n) is 2.71. The zero-order valence-corrected chi connectivity index (χ0v) is 11.8. The molecule has 104 valence electrons. The van der Waals surface area contributed by atoms with E-state index in [9.17, 15) is 9.59 Å². The first-order valence-electron chi connectivity index (χ1n) is 6.07. The van der Waals surface area contributed by atoms with Gasteiger partial charge in [-0.3, -0.25) is 9.89 Å². The molecule has 0 fully saturated rings. The van der Waals surface area contributed by atoms with Crippen LogP contribution in [-0.2, 0) is 4.74 Å². The average molecular weight is 293 g/mol. The minimum atomic E-state index is -0.544. The van der Waals surface area contributed by atoms with E-state index >= 15 is 0 Å². The Balaban J connectivity index is 2.58. The predicted octanol–water partition coefficient (Wildman–Crippen LogP) is 3.11. The number of hydrogen-bond donors (Lipinski definition) is 1. The van der Waals surface area contributed by atoms with Crippen LogP contribution in [0.25, 0.3) is 11.1 Å². The van der Waals surface area contributed by atoms with Crippen molar-refractivity contribution in [3.63, 3.8) is 0 Å². The standard InChI is InChI=1S/C14H13ClN2O3/c1-3-20-14(19)13-11(12(8(2)18)16-17-13)9-4-6-10(15)7-5-9/h4-7H,3H2,1-2H3,(H,16,17). The fourth-order valence-corrected chi connectivity index (χ4v) is 1.97. The Morgan fingerprint density at radius 2 is 1.95 bits per heavy atom. The van der Waals surface area contributed by atoms with Crippen molar-refractivity contribution < 1.29 is 14.3 Å². The van der Waals surface area contributed by atoms with E-state index in [1.807, 2.05) is 0 Å². The van der Waals surface area contributed by atoms with Gasteiger partial charge in [0.25, 0.3) is 0 Å². The highest BCUT2D eigenvalue weighted by atomic mass is 35.5. The van der Waals surface area contributed by atoms with Gasteiger partial charge in [-0.15, -0.1) is 0 Å². The molecule has 1 N–H and O–H groups in total. The van der Waals surface area contributed by atoms with Crippen molar-refractivity contribution in [2.24, 2.45) is 0 Å². The molecular weight excluding hydrogens is 280 g/mol. The number of rotatable bonds is 4. The van der Waals surface area contributed by atoms with Crippen molar-refractivity contribution in [3.05, 3.63) is 40.7 Å². The maximum atomic E-state index is 11.9. The zero-order valence-electron chi connectivity index (χ0n) is 11.1. The number of benzene rings is 1. The molecule has 5 nitrogen and oxygen atoms in total. The fraction of sp³-hybridized carbons (Fsp3) is 0.214. The van der Waals surface area contributed by atoms with Crippen LogP contribution in [0.3, 0.4) is 0 Å². The van der Waals surface area contributed by atoms with Gasteiger partial charge >= 0.3 is 5.97 Å². The molecule has 0 aliphatic heterocycles. The molecule has 0 spiro atoms. The summed E-state index contributed by atoms with van der Waals surface area (Å²) < 4.78 is 4.96. The summed E-state index contributed by atoms with van der Waals surface area (Å²) in [6.07, 6.45) is 0. The third kappa shape index (κ3) is 2.72. The maximum Gasteiger partial charge on any atom is 0.357 e. The van der Waals surface area contributed by atoms with Crippen molar-refractivity contribution in [1.82, 2.24) is 10.2 Å². The summed E-state index contributed by atoms with van der Waals surface area (Å²) >= 11 is 5.85. The summed E-state index contributed by atoms with van der Waals surface area (Å²) in [4.78, 5) is 23.6. The van der Waals surface area contributed by atoms with Crippen molar-refractivity contribution >= 4 is 23.4 Å². The summed E-state index contributed by atoms with van der Waals surface area (Å²) in [5.41, 5.74) is 1.48. The van der Waals surface area contributed by atoms with Gasteiger partial charge in [0.1, 0.15) is 5.69 Å². The SMILES string of the molecule is CCOC(=O)c1[nH]nc(C(C)=O)c1-c1ccc(Cl)cc1. The highest BCUT2D eigenvalue weighted by molar-refractivity contribution is 6.30. The number of nitrogens with one attached hydrogen (secondary N) is 1. The first-order chi connectivity index (χ1) is 9.54. The Morgan fingerprint density at radius 3 is 2.50 bits per heavy atom. The van der Waals surface area contributed by atoms with Gasteiger partial charge in [0.05, 0.1) is 6.61 Å². The van der Waals surface area contributed by atoms with Crippen molar-refractivity contribution in [2.75, 3.05) is 6.61 Å². The minimum Gasteiger partial charge on any atom is -0.461 e. The lowest BCUT2D eigenvalue weighted by Gasteiger charge is -2.05. The smallest absolute Gasteiger partial charge is 0.357 e. The molecule has 20 heavy (non-hydrogen) atoms. The average Bonchev–Trinajstić information content (AvgIpc) is 2.84. The second kappa shape index (κ2) is 5.88. The normalized spacial score (nSPS) is 10.3. The number of ketones is 1. The van der Waals surface area contributed by atoms with Crippen LogP contribution in [0.1, 0.15) is 34.8 Å². The first-order valence-corrected chi connectivity index (χ1v) is 6.44. The molecule has 6 heteroatoms. The molecule has 0 unspecified atom stereocenters. The fourth-order valence-electron chi connectivity index (χ4n) is 1.85. The van der Waals surface area contributed by atoms with Gasteiger partial charge in [-0.2, -0.15) is 5.10 Å². The molecule has 1 heterocycles. The number of hydrogen-bond acceptors (Lipinski definition) is 4. The largest absolute Gasteiger partial charge is 0.461 e. The summed E-state index contributed by atoms with van der Waals surface area (Å²) in [7, 11) is 0. The van der Waals surface area contributed by atoms with Crippen LogP contribution >= 0.6 is 11.6 Å². The molecule has 0 amide bonds. The molecule has 0 saturated carbocycles. The van der Waals surface area contributed by atoms with Crippen LogP contribution in [0.4, 0.5) is 0 Å². The van der Waals surface area contributed by atoms with Crippen molar-refractivity contribution in [3.8, 4) is 11.1 Å². The highest BCUT2D eigenvalue weighted by Gasteiger charge is 2.23. The number of aromatic amines is 1. The Bertz CT molecular complexity index is 647. The van der Waals surface area contributed by atoms with E-state index in [1.165, 1.54) is 6.92 Å².